The van der Waals surface area contributed by atoms with Crippen LogP contribution in [-0.2, 0) is 4.79 Å². The Labute approximate surface area is 118 Å². The lowest BCUT2D eigenvalue weighted by Gasteiger charge is -2.24. The van der Waals surface area contributed by atoms with Gasteiger partial charge in [-0.3, -0.25) is 9.59 Å². The van der Waals surface area contributed by atoms with Gasteiger partial charge in [0.1, 0.15) is 5.82 Å². The number of amides is 1. The van der Waals surface area contributed by atoms with Crippen molar-refractivity contribution in [3.05, 3.63) is 35.6 Å². The Morgan fingerprint density at radius 2 is 2.05 bits per heavy atom. The molecule has 0 saturated carbocycles. The average molecular weight is 280 g/mol. The number of ketones is 1. The van der Waals surface area contributed by atoms with E-state index in [2.05, 4.69) is 5.32 Å². The lowest BCUT2D eigenvalue weighted by Crippen LogP contribution is -2.49. The first-order chi connectivity index (χ1) is 9.25. The SMILES string of the molecule is CC(CC(=O)NC(C)(C)CN)C(=O)c1cccc(F)c1. The minimum Gasteiger partial charge on any atom is -0.350 e. The number of halogens is 1. The van der Waals surface area contributed by atoms with Gasteiger partial charge in [-0.15, -0.1) is 0 Å². The predicted molar refractivity (Wildman–Crippen MR) is 75.8 cm³/mol. The fraction of sp³-hybridized carbons (Fsp3) is 0.467. The molecule has 0 spiro atoms. The van der Waals surface area contributed by atoms with Crippen molar-refractivity contribution in [3.8, 4) is 0 Å². The second-order valence-corrected chi connectivity index (χ2v) is 5.62. The van der Waals surface area contributed by atoms with Gasteiger partial charge in [-0.25, -0.2) is 4.39 Å². The molecule has 4 nitrogen and oxygen atoms in total. The molecule has 20 heavy (non-hydrogen) atoms. The van der Waals surface area contributed by atoms with Crippen LogP contribution < -0.4 is 11.1 Å². The zero-order chi connectivity index (χ0) is 15.3. The zero-order valence-electron chi connectivity index (χ0n) is 12.1. The summed E-state index contributed by atoms with van der Waals surface area (Å²) in [6.07, 6.45) is 0.0543. The summed E-state index contributed by atoms with van der Waals surface area (Å²) in [5, 5.41) is 2.76. The number of nitrogens with one attached hydrogen (secondary N) is 1. The summed E-state index contributed by atoms with van der Waals surface area (Å²) in [4.78, 5) is 23.9. The van der Waals surface area contributed by atoms with E-state index in [1.165, 1.54) is 18.2 Å². The van der Waals surface area contributed by atoms with Gasteiger partial charge in [0.15, 0.2) is 5.78 Å². The molecule has 110 valence electrons. The Balaban J connectivity index is 2.65. The molecule has 3 N–H and O–H groups in total. The third-order valence-electron chi connectivity index (χ3n) is 3.04. The van der Waals surface area contributed by atoms with Crippen molar-refractivity contribution in [2.75, 3.05) is 6.54 Å². The van der Waals surface area contributed by atoms with E-state index < -0.39 is 17.3 Å². The predicted octanol–water partition coefficient (Wildman–Crippen LogP) is 1.89. The summed E-state index contributed by atoms with van der Waals surface area (Å²) in [7, 11) is 0. The lowest BCUT2D eigenvalue weighted by molar-refractivity contribution is -0.123. The molecule has 1 amide bonds. The van der Waals surface area contributed by atoms with Crippen molar-refractivity contribution >= 4 is 11.7 Å². The van der Waals surface area contributed by atoms with Gasteiger partial charge in [0.2, 0.25) is 5.91 Å². The lowest BCUT2D eigenvalue weighted by atomic mass is 9.95. The zero-order valence-corrected chi connectivity index (χ0v) is 12.1. The number of carbonyl (C=O) groups is 2. The molecule has 0 fully saturated rings. The summed E-state index contributed by atoms with van der Waals surface area (Å²) in [6, 6.07) is 5.48. The van der Waals surface area contributed by atoms with Gasteiger partial charge in [0, 0.05) is 30.0 Å². The van der Waals surface area contributed by atoms with Gasteiger partial charge in [0.25, 0.3) is 0 Å². The van der Waals surface area contributed by atoms with Crippen molar-refractivity contribution in [2.24, 2.45) is 11.7 Å². The van der Waals surface area contributed by atoms with Crippen LogP contribution in [0.4, 0.5) is 4.39 Å². The van der Waals surface area contributed by atoms with Crippen LogP contribution in [0.2, 0.25) is 0 Å². The molecule has 0 aliphatic rings. The van der Waals surface area contributed by atoms with Crippen molar-refractivity contribution < 1.29 is 14.0 Å². The molecule has 0 bridgehead atoms. The Bertz CT molecular complexity index is 500. The van der Waals surface area contributed by atoms with E-state index in [1.807, 2.05) is 13.8 Å². The second kappa shape index (κ2) is 6.61. The van der Waals surface area contributed by atoms with Crippen LogP contribution >= 0.6 is 0 Å². The van der Waals surface area contributed by atoms with E-state index in [9.17, 15) is 14.0 Å². The standard InChI is InChI=1S/C15H21FN2O2/c1-10(7-13(19)18-15(2,3)9-17)14(20)11-5-4-6-12(16)8-11/h4-6,8,10H,7,9,17H2,1-3H3,(H,18,19). The van der Waals surface area contributed by atoms with Crippen molar-refractivity contribution in [1.29, 1.82) is 0 Å². The van der Waals surface area contributed by atoms with Crippen LogP contribution in [0.3, 0.4) is 0 Å². The summed E-state index contributed by atoms with van der Waals surface area (Å²) < 4.78 is 13.1. The van der Waals surface area contributed by atoms with Crippen LogP contribution in [0.1, 0.15) is 37.6 Å². The average Bonchev–Trinajstić information content (AvgIpc) is 2.37. The largest absolute Gasteiger partial charge is 0.350 e. The molecule has 0 aliphatic heterocycles. The quantitative estimate of drug-likeness (QED) is 0.782. The number of benzene rings is 1. The number of carbonyl (C=O) groups excluding carboxylic acids is 2. The van der Waals surface area contributed by atoms with Gasteiger partial charge in [-0.2, -0.15) is 0 Å². The van der Waals surface area contributed by atoms with E-state index in [4.69, 9.17) is 5.73 Å². The Morgan fingerprint density at radius 3 is 2.60 bits per heavy atom. The molecule has 5 heteroatoms. The number of rotatable bonds is 6. The third kappa shape index (κ3) is 4.74. The van der Waals surface area contributed by atoms with Crippen LogP contribution in [0, 0.1) is 11.7 Å². The molecule has 1 unspecified atom stereocenters. The monoisotopic (exact) mass is 280 g/mol. The van der Waals surface area contributed by atoms with Crippen molar-refractivity contribution in [3.63, 3.8) is 0 Å². The molecule has 0 saturated heterocycles. The molecule has 0 aliphatic carbocycles. The molecule has 1 rings (SSSR count). The Hall–Kier alpha value is -1.75. The first-order valence-electron chi connectivity index (χ1n) is 6.56. The highest BCUT2D eigenvalue weighted by atomic mass is 19.1. The Morgan fingerprint density at radius 1 is 1.40 bits per heavy atom. The van der Waals surface area contributed by atoms with Crippen LogP contribution in [-0.4, -0.2) is 23.8 Å². The van der Waals surface area contributed by atoms with E-state index in [0.717, 1.165) is 0 Å². The highest BCUT2D eigenvalue weighted by molar-refractivity contribution is 5.99. The molecule has 0 aromatic heterocycles. The number of hydrogen-bond donors (Lipinski definition) is 2. The topological polar surface area (TPSA) is 72.2 Å². The number of nitrogens with two attached hydrogens (primary N) is 1. The summed E-state index contributed by atoms with van der Waals surface area (Å²) in [5.74, 6) is -1.45. The number of Topliss-reactive ketones (excluding diaryl/α,β-unsaturated/α-hetero) is 1. The normalized spacial score (nSPS) is 12.8. The van der Waals surface area contributed by atoms with Gasteiger partial charge < -0.3 is 11.1 Å². The number of hydrogen-bond acceptors (Lipinski definition) is 3. The highest BCUT2D eigenvalue weighted by Crippen LogP contribution is 2.14. The minimum atomic E-state index is -0.509. The molecular weight excluding hydrogens is 259 g/mol. The third-order valence-corrected chi connectivity index (χ3v) is 3.04. The van der Waals surface area contributed by atoms with E-state index in [-0.39, 0.29) is 23.7 Å². The molecule has 1 atom stereocenters. The second-order valence-electron chi connectivity index (χ2n) is 5.62. The van der Waals surface area contributed by atoms with E-state index in [0.29, 0.717) is 6.54 Å². The van der Waals surface area contributed by atoms with Crippen LogP contribution in [0.15, 0.2) is 24.3 Å². The van der Waals surface area contributed by atoms with Gasteiger partial charge in [-0.1, -0.05) is 19.1 Å². The molecule has 1 aromatic rings. The van der Waals surface area contributed by atoms with E-state index >= 15 is 0 Å². The highest BCUT2D eigenvalue weighted by Gasteiger charge is 2.23. The first-order valence-corrected chi connectivity index (χ1v) is 6.56. The van der Waals surface area contributed by atoms with E-state index in [1.54, 1.807) is 13.0 Å². The first kappa shape index (κ1) is 16.3. The Kier molecular flexibility index (Phi) is 5.39. The fourth-order valence-corrected chi connectivity index (χ4v) is 1.78. The van der Waals surface area contributed by atoms with Gasteiger partial charge >= 0.3 is 0 Å². The molecule has 1 aromatic carbocycles. The maximum Gasteiger partial charge on any atom is 0.221 e. The fourth-order valence-electron chi connectivity index (χ4n) is 1.78. The maximum absolute atomic E-state index is 13.1. The molecule has 0 heterocycles. The van der Waals surface area contributed by atoms with Crippen LogP contribution in [0.5, 0.6) is 0 Å². The molecule has 0 radical (unpaired) electrons. The van der Waals surface area contributed by atoms with Crippen LogP contribution in [0.25, 0.3) is 0 Å². The smallest absolute Gasteiger partial charge is 0.221 e. The summed E-state index contributed by atoms with van der Waals surface area (Å²) in [6.45, 7) is 5.58. The van der Waals surface area contributed by atoms with Crippen molar-refractivity contribution in [1.82, 2.24) is 5.32 Å². The van der Waals surface area contributed by atoms with Gasteiger partial charge in [0.05, 0.1) is 0 Å². The van der Waals surface area contributed by atoms with Crippen molar-refractivity contribution in [2.45, 2.75) is 32.7 Å². The van der Waals surface area contributed by atoms with Gasteiger partial charge in [-0.05, 0) is 26.0 Å². The summed E-state index contributed by atoms with van der Waals surface area (Å²) in [5.41, 5.74) is 5.31. The minimum absolute atomic E-state index is 0.0543. The summed E-state index contributed by atoms with van der Waals surface area (Å²) >= 11 is 0. The molecular formula is C15H21FN2O2. The maximum atomic E-state index is 13.1.